The van der Waals surface area contributed by atoms with Crippen molar-refractivity contribution in [3.05, 3.63) is 74.5 Å². The van der Waals surface area contributed by atoms with Gasteiger partial charge in [0.15, 0.2) is 0 Å². The van der Waals surface area contributed by atoms with Gasteiger partial charge in [-0.05, 0) is 62.1 Å². The van der Waals surface area contributed by atoms with Gasteiger partial charge in [0, 0.05) is 36.3 Å². The number of hydrogen-bond acceptors (Lipinski definition) is 9. The molecule has 0 spiro atoms. The van der Waals surface area contributed by atoms with Crippen LogP contribution in [0.5, 0.6) is 0 Å². The summed E-state index contributed by atoms with van der Waals surface area (Å²) in [5.41, 5.74) is 1.40. The second-order valence-electron chi connectivity index (χ2n) is 10.2. The van der Waals surface area contributed by atoms with Crippen molar-refractivity contribution in [2.75, 3.05) is 24.6 Å². The number of aromatic nitrogens is 2. The molecule has 5 heterocycles. The zero-order valence-corrected chi connectivity index (χ0v) is 24.0. The second kappa shape index (κ2) is 11.2. The lowest BCUT2D eigenvalue weighted by Gasteiger charge is -2.31. The number of esters is 1. The third-order valence-corrected chi connectivity index (χ3v) is 10.3. The number of thioether (sulfide) groups is 1. The van der Waals surface area contributed by atoms with Crippen molar-refractivity contribution in [3.8, 4) is 0 Å². The van der Waals surface area contributed by atoms with Gasteiger partial charge < -0.3 is 9.64 Å². The summed E-state index contributed by atoms with van der Waals surface area (Å²) in [6.07, 6.45) is 6.25. The van der Waals surface area contributed by atoms with Crippen molar-refractivity contribution in [1.82, 2.24) is 14.5 Å². The van der Waals surface area contributed by atoms with Crippen molar-refractivity contribution in [2.45, 2.75) is 48.9 Å². The minimum absolute atomic E-state index is 0.101. The molecule has 212 valence electrons. The van der Waals surface area contributed by atoms with Gasteiger partial charge in [0.1, 0.15) is 11.8 Å². The SMILES string of the molecule is CCOC(=O)c1ccc(N2C(=O)C3Sc4c(sc(=O)n4CC(=O)N4CCCCC4)[C@@H](c4cccnc4)C3C2=O)cc1. The van der Waals surface area contributed by atoms with E-state index in [0.29, 0.717) is 34.2 Å². The lowest BCUT2D eigenvalue weighted by atomic mass is 9.84. The summed E-state index contributed by atoms with van der Waals surface area (Å²) in [7, 11) is 0. The molecule has 0 aliphatic carbocycles. The number of anilines is 1. The Bertz CT molecular complexity index is 1560. The van der Waals surface area contributed by atoms with Crippen molar-refractivity contribution in [1.29, 1.82) is 0 Å². The van der Waals surface area contributed by atoms with E-state index < -0.39 is 29.0 Å². The molecule has 0 bridgehead atoms. The van der Waals surface area contributed by atoms with Crippen LogP contribution in [-0.2, 0) is 25.7 Å². The van der Waals surface area contributed by atoms with Gasteiger partial charge in [0.25, 0.3) is 0 Å². The number of thiazole rings is 1. The predicted octanol–water partition coefficient (Wildman–Crippen LogP) is 3.29. The summed E-state index contributed by atoms with van der Waals surface area (Å²) < 4.78 is 6.51. The maximum atomic E-state index is 14.0. The monoisotopic (exact) mass is 592 g/mol. The van der Waals surface area contributed by atoms with E-state index in [1.54, 1.807) is 42.4 Å². The summed E-state index contributed by atoms with van der Waals surface area (Å²) in [5, 5.41) is -0.239. The van der Waals surface area contributed by atoms with E-state index >= 15 is 0 Å². The molecular weight excluding hydrogens is 564 g/mol. The number of likely N-dealkylation sites (tertiary alicyclic amines) is 1. The van der Waals surface area contributed by atoms with Crippen LogP contribution >= 0.6 is 23.1 Å². The molecule has 41 heavy (non-hydrogen) atoms. The summed E-state index contributed by atoms with van der Waals surface area (Å²) in [4.78, 5) is 74.0. The second-order valence-corrected chi connectivity index (χ2v) is 12.3. The van der Waals surface area contributed by atoms with E-state index in [0.717, 1.165) is 36.2 Å². The number of hydrogen-bond donors (Lipinski definition) is 0. The fourth-order valence-electron chi connectivity index (χ4n) is 5.77. The van der Waals surface area contributed by atoms with Gasteiger partial charge in [-0.15, -0.1) is 0 Å². The number of benzene rings is 1. The van der Waals surface area contributed by atoms with E-state index in [1.165, 1.54) is 33.4 Å². The first-order valence-electron chi connectivity index (χ1n) is 13.6. The fraction of sp³-hybridized carbons (Fsp3) is 0.379. The molecule has 3 aromatic rings. The van der Waals surface area contributed by atoms with Crippen LogP contribution in [0.3, 0.4) is 0 Å². The first kappa shape index (κ1) is 27.4. The lowest BCUT2D eigenvalue weighted by molar-refractivity contribution is -0.133. The zero-order valence-electron chi connectivity index (χ0n) is 22.4. The molecule has 2 saturated heterocycles. The molecule has 0 radical (unpaired) electrons. The summed E-state index contributed by atoms with van der Waals surface area (Å²) in [5.74, 6) is -2.73. The van der Waals surface area contributed by atoms with Crippen LogP contribution in [0.15, 0.2) is 58.6 Å². The number of carbonyl (C=O) groups is 4. The molecule has 10 nitrogen and oxygen atoms in total. The maximum absolute atomic E-state index is 14.0. The third kappa shape index (κ3) is 4.88. The molecule has 1 aromatic carbocycles. The molecule has 3 atom stereocenters. The van der Waals surface area contributed by atoms with Crippen LogP contribution < -0.4 is 9.77 Å². The van der Waals surface area contributed by atoms with E-state index in [1.807, 2.05) is 6.07 Å². The van der Waals surface area contributed by atoms with Crippen molar-refractivity contribution >= 4 is 52.5 Å². The Balaban J connectivity index is 1.37. The maximum Gasteiger partial charge on any atom is 0.338 e. The Morgan fingerprint density at radius 1 is 1.02 bits per heavy atom. The average Bonchev–Trinajstić information content (AvgIpc) is 3.44. The van der Waals surface area contributed by atoms with Crippen molar-refractivity contribution < 1.29 is 23.9 Å². The number of piperidine rings is 1. The summed E-state index contributed by atoms with van der Waals surface area (Å²) in [6, 6.07) is 9.79. The number of fused-ring (bicyclic) bond motifs is 2. The highest BCUT2D eigenvalue weighted by molar-refractivity contribution is 8.00. The van der Waals surface area contributed by atoms with Crippen LogP contribution in [0.1, 0.15) is 52.9 Å². The van der Waals surface area contributed by atoms with E-state index in [-0.39, 0.29) is 29.8 Å². The van der Waals surface area contributed by atoms with Gasteiger partial charge >= 0.3 is 10.8 Å². The molecule has 3 amide bonds. The lowest BCUT2D eigenvalue weighted by Crippen LogP contribution is -2.39. The van der Waals surface area contributed by atoms with Gasteiger partial charge in [-0.2, -0.15) is 0 Å². The Morgan fingerprint density at radius 2 is 1.78 bits per heavy atom. The molecule has 12 heteroatoms. The highest BCUT2D eigenvalue weighted by Crippen LogP contribution is 2.53. The van der Waals surface area contributed by atoms with Crippen LogP contribution in [0.25, 0.3) is 0 Å². The molecule has 2 fully saturated rings. The molecule has 2 unspecified atom stereocenters. The minimum atomic E-state index is -0.796. The van der Waals surface area contributed by atoms with Gasteiger partial charge in [-0.1, -0.05) is 29.2 Å². The van der Waals surface area contributed by atoms with Gasteiger partial charge in [-0.25, -0.2) is 9.69 Å². The first-order valence-corrected chi connectivity index (χ1v) is 15.3. The quantitative estimate of drug-likeness (QED) is 0.316. The Morgan fingerprint density at radius 3 is 2.46 bits per heavy atom. The molecule has 6 rings (SSSR count). The first-order chi connectivity index (χ1) is 19.9. The number of nitrogens with zero attached hydrogens (tertiary/aromatic N) is 4. The molecule has 3 aliphatic rings. The van der Waals surface area contributed by atoms with Crippen molar-refractivity contribution in [2.24, 2.45) is 5.92 Å². The normalized spacial score (nSPS) is 21.9. The third-order valence-electron chi connectivity index (χ3n) is 7.73. The number of amides is 3. The standard InChI is InChI=1S/C29H28N4O6S2/c1-2-39-28(37)17-8-10-19(11-9-17)33-25(35)22-21(18-7-6-12-30-15-18)24-27(40-23(22)26(33)36)32(29(38)41-24)16-20(34)31-13-4-3-5-14-31/h6-12,15,21-23H,2-5,13-14,16H2,1H3/t21-,22?,23?/m0/s1. The topological polar surface area (TPSA) is 119 Å². The van der Waals surface area contributed by atoms with Crippen LogP contribution in [0.4, 0.5) is 5.69 Å². The Kier molecular flexibility index (Phi) is 7.52. The van der Waals surface area contributed by atoms with E-state index in [4.69, 9.17) is 4.74 Å². The molecule has 0 N–H and O–H groups in total. The molecule has 3 aliphatic heterocycles. The number of carbonyl (C=O) groups excluding carboxylic acids is 4. The minimum Gasteiger partial charge on any atom is -0.462 e. The average molecular weight is 593 g/mol. The molecular formula is C29H28N4O6S2. The molecule has 2 aromatic heterocycles. The van der Waals surface area contributed by atoms with Gasteiger partial charge in [0.05, 0.1) is 28.8 Å². The number of ether oxygens (including phenoxy) is 1. The Hall–Kier alpha value is -3.77. The summed E-state index contributed by atoms with van der Waals surface area (Å²) >= 11 is 2.21. The highest BCUT2D eigenvalue weighted by Gasteiger charge is 2.57. The van der Waals surface area contributed by atoms with Crippen LogP contribution in [-0.4, -0.2) is 63.1 Å². The zero-order chi connectivity index (χ0) is 28.7. The van der Waals surface area contributed by atoms with Gasteiger partial charge in [0.2, 0.25) is 17.7 Å². The van der Waals surface area contributed by atoms with Gasteiger partial charge in [-0.3, -0.25) is 28.7 Å². The predicted molar refractivity (Wildman–Crippen MR) is 153 cm³/mol. The molecule has 0 saturated carbocycles. The van der Waals surface area contributed by atoms with E-state index in [2.05, 4.69) is 4.98 Å². The van der Waals surface area contributed by atoms with Crippen LogP contribution in [0.2, 0.25) is 0 Å². The summed E-state index contributed by atoms with van der Waals surface area (Å²) in [6.45, 7) is 3.20. The Labute approximate surface area is 244 Å². The largest absolute Gasteiger partial charge is 0.462 e. The number of rotatable bonds is 6. The number of pyridine rings is 1. The highest BCUT2D eigenvalue weighted by atomic mass is 32.2. The van der Waals surface area contributed by atoms with Crippen molar-refractivity contribution in [3.63, 3.8) is 0 Å². The van der Waals surface area contributed by atoms with E-state index in [9.17, 15) is 24.0 Å². The van der Waals surface area contributed by atoms with Crippen LogP contribution in [0, 0.1) is 5.92 Å². The number of imide groups is 1. The fourth-order valence-corrected chi connectivity index (χ4v) is 8.54. The smallest absolute Gasteiger partial charge is 0.338 e.